The molecular weight excluding hydrogens is 510 g/mol. The first-order valence-corrected chi connectivity index (χ1v) is 19.6. The number of thiol groups is 1. The van der Waals surface area contributed by atoms with Gasteiger partial charge in [-0.1, -0.05) is 129 Å². The van der Waals surface area contributed by atoms with Gasteiger partial charge in [-0.25, -0.2) is 0 Å². The summed E-state index contributed by atoms with van der Waals surface area (Å²) in [6, 6.07) is 0. The molecule has 0 aliphatic heterocycles. The van der Waals surface area contributed by atoms with Crippen molar-refractivity contribution in [2.75, 3.05) is 12.4 Å². The monoisotopic (exact) mass is 566 g/mol. The normalized spacial score (nSPS) is 12.0. The predicted octanol–water partition coefficient (Wildman–Crippen LogP) is 7.51. The zero-order valence-corrected chi connectivity index (χ0v) is 25.5. The molecule has 0 saturated carbocycles. The fraction of sp³-hybridized carbons (Fsp3) is 1.00. The van der Waals surface area contributed by atoms with Gasteiger partial charge in [-0.3, -0.25) is 0 Å². The molecule has 0 amide bonds. The van der Waals surface area contributed by atoms with Gasteiger partial charge in [0.2, 0.25) is 0 Å². The molecule has 0 spiro atoms. The van der Waals surface area contributed by atoms with Gasteiger partial charge in [0, 0.05) is 0 Å². The fourth-order valence-electron chi connectivity index (χ4n) is 3.58. The number of rotatable bonds is 23. The molecule has 0 radical (unpaired) electrons. The van der Waals surface area contributed by atoms with E-state index in [2.05, 4.69) is 25.7 Å². The zero-order chi connectivity index (χ0) is 26.0. The molecule has 0 aromatic heterocycles. The SMILES string of the molecule is CCCCCCCCCCCCOP(O)(O)=S.CCCCCCCCCCCC[SH]=P(O)(O)O. The number of hydrogen-bond donors (Lipinski definition) is 6. The van der Waals surface area contributed by atoms with Gasteiger partial charge in [0.05, 0.1) is 6.61 Å². The molecule has 0 fully saturated rings. The average Bonchev–Trinajstić information content (AvgIpc) is 2.75. The molecule has 210 valence electrons. The molecule has 10 heteroatoms. The van der Waals surface area contributed by atoms with Gasteiger partial charge in [0.1, 0.15) is 0 Å². The maximum absolute atomic E-state index is 8.82. The highest BCUT2D eigenvalue weighted by Gasteiger charge is 2.06. The summed E-state index contributed by atoms with van der Waals surface area (Å²) in [5, 5.41) is 0. The summed E-state index contributed by atoms with van der Waals surface area (Å²) >= 11 is 4.35. The Labute approximate surface area is 219 Å². The lowest BCUT2D eigenvalue weighted by Crippen LogP contribution is -1.92. The van der Waals surface area contributed by atoms with Crippen LogP contribution in [0.3, 0.4) is 0 Å². The predicted molar refractivity (Wildman–Crippen MR) is 156 cm³/mol. The Hall–Kier alpha value is 1.19. The van der Waals surface area contributed by atoms with Crippen molar-refractivity contribution >= 4 is 36.2 Å². The molecular formula is C24H56O6P2S2. The van der Waals surface area contributed by atoms with E-state index in [9.17, 15) is 0 Å². The molecule has 34 heavy (non-hydrogen) atoms. The lowest BCUT2D eigenvalue weighted by atomic mass is 10.1. The first-order chi connectivity index (χ1) is 16.1. The maximum atomic E-state index is 8.82. The standard InChI is InChI=1S/C12H29O3PS.C12H27O3PS/c1-2-3-4-5-6-7-8-9-10-11-12-17-16(13,14)15;1-2-3-4-5-6-7-8-9-10-11-12-15-16(13,14)17/h13-15,17H,2-12H2,1H3;2-12H2,1H3,(H2,13,14,17). The Bertz CT molecular complexity index is 503. The first kappa shape index (κ1) is 37.3. The highest BCUT2D eigenvalue weighted by molar-refractivity contribution is 8.16. The minimum absolute atomic E-state index is 0.376. The van der Waals surface area contributed by atoms with Crippen LogP contribution >= 0.6 is 13.4 Å². The smallest absolute Gasteiger partial charge is 0.321 e. The van der Waals surface area contributed by atoms with Gasteiger partial charge < -0.3 is 29.0 Å². The van der Waals surface area contributed by atoms with Crippen molar-refractivity contribution in [3.8, 4) is 0 Å². The summed E-state index contributed by atoms with van der Waals surface area (Å²) in [5.74, 6) is 0.702. The molecule has 0 heterocycles. The third-order valence-corrected chi connectivity index (χ3v) is 9.03. The summed E-state index contributed by atoms with van der Waals surface area (Å²) in [4.78, 5) is 44.0. The molecule has 0 aliphatic carbocycles. The summed E-state index contributed by atoms with van der Waals surface area (Å²) in [7, 11) is 0.410. The molecule has 0 aromatic rings. The molecule has 0 atom stereocenters. The topological polar surface area (TPSA) is 110 Å². The van der Waals surface area contributed by atoms with Gasteiger partial charge in [0.25, 0.3) is 6.72 Å². The molecule has 0 unspecified atom stereocenters. The Kier molecular flexibility index (Phi) is 29.9. The van der Waals surface area contributed by atoms with Crippen LogP contribution in [0.5, 0.6) is 0 Å². The number of hydrogen-bond acceptors (Lipinski definition) is 2. The Morgan fingerprint density at radius 3 is 1.18 bits per heavy atom. The zero-order valence-electron chi connectivity index (χ0n) is 22.0. The van der Waals surface area contributed by atoms with E-state index in [1.54, 1.807) is 0 Å². The van der Waals surface area contributed by atoms with Crippen LogP contribution in [0.15, 0.2) is 0 Å². The van der Waals surface area contributed by atoms with Crippen LogP contribution in [-0.4, -0.2) is 36.8 Å². The van der Waals surface area contributed by atoms with Crippen molar-refractivity contribution < 1.29 is 29.0 Å². The minimum atomic E-state index is -3.52. The Morgan fingerprint density at radius 2 is 0.853 bits per heavy atom. The lowest BCUT2D eigenvalue weighted by molar-refractivity contribution is 0.245. The van der Waals surface area contributed by atoms with Gasteiger partial charge >= 0.3 is 6.72 Å². The van der Waals surface area contributed by atoms with Crippen LogP contribution in [0.4, 0.5) is 0 Å². The maximum Gasteiger partial charge on any atom is 0.321 e. The van der Waals surface area contributed by atoms with E-state index in [0.29, 0.717) is 23.3 Å². The summed E-state index contributed by atoms with van der Waals surface area (Å²) in [5.41, 5.74) is 0. The quantitative estimate of drug-likeness (QED) is 0.0431. The summed E-state index contributed by atoms with van der Waals surface area (Å²) in [6.07, 6.45) is 25.3. The van der Waals surface area contributed by atoms with E-state index < -0.39 is 13.4 Å². The highest BCUT2D eigenvalue weighted by Crippen LogP contribution is 2.36. The van der Waals surface area contributed by atoms with E-state index in [4.69, 9.17) is 29.0 Å². The van der Waals surface area contributed by atoms with Gasteiger partial charge in [-0.15, -0.1) is 10.9 Å². The second kappa shape index (κ2) is 27.2. The fourth-order valence-corrected chi connectivity index (χ4v) is 6.03. The molecule has 0 saturated heterocycles. The van der Waals surface area contributed by atoms with Crippen molar-refractivity contribution in [1.82, 2.24) is 0 Å². The molecule has 0 rings (SSSR count). The van der Waals surface area contributed by atoms with Crippen molar-refractivity contribution in [3.63, 3.8) is 0 Å². The summed E-state index contributed by atoms with van der Waals surface area (Å²) < 4.78 is 4.74. The van der Waals surface area contributed by atoms with Gasteiger partial charge in [0.15, 0.2) is 0 Å². The molecule has 6 nitrogen and oxygen atoms in total. The van der Waals surface area contributed by atoms with Crippen LogP contribution in [-0.2, 0) is 27.3 Å². The third kappa shape index (κ3) is 40.4. The third-order valence-electron chi connectivity index (χ3n) is 5.56. The van der Waals surface area contributed by atoms with E-state index in [0.717, 1.165) is 25.7 Å². The largest absolute Gasteiger partial charge is 0.329 e. The van der Waals surface area contributed by atoms with Crippen LogP contribution in [0.25, 0.3) is 0 Å². The Morgan fingerprint density at radius 1 is 0.529 bits per heavy atom. The van der Waals surface area contributed by atoms with E-state index in [1.165, 1.54) is 103 Å². The minimum Gasteiger partial charge on any atom is -0.329 e. The van der Waals surface area contributed by atoms with Crippen molar-refractivity contribution in [1.29, 1.82) is 0 Å². The van der Waals surface area contributed by atoms with E-state index in [-0.39, 0.29) is 0 Å². The van der Waals surface area contributed by atoms with Crippen LogP contribution in [0.1, 0.15) is 142 Å². The second-order valence-electron chi connectivity index (χ2n) is 9.09. The van der Waals surface area contributed by atoms with Gasteiger partial charge in [-0.2, -0.15) is 0 Å². The second-order valence-corrected chi connectivity index (χ2v) is 16.0. The Balaban J connectivity index is 0. The van der Waals surface area contributed by atoms with E-state index >= 15 is 0 Å². The molecule has 0 aliphatic rings. The first-order valence-electron chi connectivity index (χ1n) is 13.6. The average molecular weight is 567 g/mol. The summed E-state index contributed by atoms with van der Waals surface area (Å²) in [6.45, 7) is -2.08. The lowest BCUT2D eigenvalue weighted by Gasteiger charge is -2.07. The van der Waals surface area contributed by atoms with Crippen LogP contribution < -0.4 is 0 Å². The van der Waals surface area contributed by atoms with Gasteiger partial charge in [-0.05, 0) is 30.4 Å². The highest BCUT2D eigenvalue weighted by atomic mass is 32.5. The van der Waals surface area contributed by atoms with E-state index in [1.807, 2.05) is 0 Å². The molecule has 0 aromatic carbocycles. The molecule has 0 bridgehead atoms. The van der Waals surface area contributed by atoms with Crippen molar-refractivity contribution in [2.45, 2.75) is 142 Å². The van der Waals surface area contributed by atoms with Crippen molar-refractivity contribution in [3.05, 3.63) is 0 Å². The van der Waals surface area contributed by atoms with Crippen LogP contribution in [0.2, 0.25) is 0 Å². The van der Waals surface area contributed by atoms with Crippen LogP contribution in [0, 0.1) is 0 Å². The molecule has 5 N–H and O–H groups in total. The number of unbranched alkanes of at least 4 members (excludes halogenated alkanes) is 18. The van der Waals surface area contributed by atoms with Crippen molar-refractivity contribution in [2.24, 2.45) is 0 Å².